The summed E-state index contributed by atoms with van der Waals surface area (Å²) in [7, 11) is 1.55. The van der Waals surface area contributed by atoms with Gasteiger partial charge in [-0.1, -0.05) is 44.2 Å². The molecular weight excluding hydrogens is 404 g/mol. The molecule has 32 heavy (non-hydrogen) atoms. The first-order valence-electron chi connectivity index (χ1n) is 11.2. The third-order valence-electron chi connectivity index (χ3n) is 6.04. The summed E-state index contributed by atoms with van der Waals surface area (Å²) in [5, 5.41) is 15.1. The molecule has 3 aromatic rings. The van der Waals surface area contributed by atoms with E-state index in [0.717, 1.165) is 49.4 Å². The van der Waals surface area contributed by atoms with Crippen LogP contribution in [0.25, 0.3) is 0 Å². The fraction of sp³-hybridized carbons (Fsp3) is 0.458. The number of benzene rings is 1. The molecule has 2 N–H and O–H groups in total. The molecule has 1 atom stereocenters. The van der Waals surface area contributed by atoms with Gasteiger partial charge in [0.2, 0.25) is 0 Å². The van der Waals surface area contributed by atoms with Gasteiger partial charge >= 0.3 is 0 Å². The third kappa shape index (κ3) is 5.08. The quantitative estimate of drug-likeness (QED) is 0.559. The Morgan fingerprint density at radius 2 is 1.97 bits per heavy atom. The number of aromatic nitrogens is 4. The number of carbonyl (C=O) groups is 1. The van der Waals surface area contributed by atoms with Crippen LogP contribution in [-0.2, 0) is 16.1 Å². The number of H-pyrrole nitrogens is 1. The van der Waals surface area contributed by atoms with Gasteiger partial charge in [-0.2, -0.15) is 10.2 Å². The molecule has 1 aromatic carbocycles. The number of rotatable bonds is 8. The summed E-state index contributed by atoms with van der Waals surface area (Å²) in [6.45, 7) is 7.13. The lowest BCUT2D eigenvalue weighted by molar-refractivity contribution is -0.126. The van der Waals surface area contributed by atoms with Crippen LogP contribution in [0.2, 0.25) is 0 Å². The summed E-state index contributed by atoms with van der Waals surface area (Å²) in [6.07, 6.45) is 3.03. The number of hydrogen-bond donors (Lipinski definition) is 2. The van der Waals surface area contributed by atoms with Crippen molar-refractivity contribution in [3.63, 3.8) is 0 Å². The summed E-state index contributed by atoms with van der Waals surface area (Å²) < 4.78 is 7.41. The zero-order valence-electron chi connectivity index (χ0n) is 19.0. The number of piperidine rings is 1. The van der Waals surface area contributed by atoms with Gasteiger partial charge in [0.05, 0.1) is 17.9 Å². The number of amides is 1. The number of hydrogen-bond acceptors (Lipinski definition) is 5. The molecule has 1 aliphatic heterocycles. The zero-order valence-corrected chi connectivity index (χ0v) is 19.0. The molecule has 0 saturated carbocycles. The summed E-state index contributed by atoms with van der Waals surface area (Å²) in [5.74, 6) is 0.943. The molecule has 0 radical (unpaired) electrons. The van der Waals surface area contributed by atoms with Gasteiger partial charge in [-0.25, -0.2) is 4.68 Å². The summed E-state index contributed by atoms with van der Waals surface area (Å²) in [6, 6.07) is 13.8. The highest BCUT2D eigenvalue weighted by Gasteiger charge is 2.26. The average Bonchev–Trinajstić information content (AvgIpc) is 3.45. The predicted octanol–water partition coefficient (Wildman–Crippen LogP) is 3.89. The SMILES string of the molecule is COC(C(=O)Nc1ccnn1C1CCN(Cc2cc(C(C)C)n[nH]2)CC1)c1ccccc1. The summed E-state index contributed by atoms with van der Waals surface area (Å²) in [4.78, 5) is 15.3. The number of carbonyl (C=O) groups excluding carboxylic acids is 1. The topological polar surface area (TPSA) is 88.1 Å². The molecule has 0 aliphatic carbocycles. The van der Waals surface area contributed by atoms with Crippen LogP contribution in [0.4, 0.5) is 5.82 Å². The maximum Gasteiger partial charge on any atom is 0.259 e. The minimum absolute atomic E-state index is 0.196. The van der Waals surface area contributed by atoms with Crippen molar-refractivity contribution in [2.24, 2.45) is 0 Å². The molecule has 2 aromatic heterocycles. The Morgan fingerprint density at radius 1 is 1.22 bits per heavy atom. The Hall–Kier alpha value is -2.97. The molecule has 8 nitrogen and oxygen atoms in total. The second-order valence-corrected chi connectivity index (χ2v) is 8.66. The predicted molar refractivity (Wildman–Crippen MR) is 123 cm³/mol. The van der Waals surface area contributed by atoms with Crippen molar-refractivity contribution in [3.05, 3.63) is 65.6 Å². The lowest BCUT2D eigenvalue weighted by Crippen LogP contribution is -2.35. The van der Waals surface area contributed by atoms with E-state index in [1.807, 2.05) is 41.1 Å². The second kappa shape index (κ2) is 10.1. The van der Waals surface area contributed by atoms with Gasteiger partial charge < -0.3 is 10.1 Å². The Morgan fingerprint density at radius 3 is 2.62 bits per heavy atom. The number of methoxy groups -OCH3 is 1. The van der Waals surface area contributed by atoms with E-state index < -0.39 is 6.10 Å². The Bertz CT molecular complexity index is 1000. The van der Waals surface area contributed by atoms with E-state index >= 15 is 0 Å². The van der Waals surface area contributed by atoms with E-state index in [4.69, 9.17) is 4.74 Å². The van der Waals surface area contributed by atoms with Gasteiger partial charge in [0, 0.05) is 38.5 Å². The van der Waals surface area contributed by atoms with E-state index in [1.165, 1.54) is 0 Å². The number of aromatic amines is 1. The first-order chi connectivity index (χ1) is 15.5. The van der Waals surface area contributed by atoms with Crippen molar-refractivity contribution in [2.45, 2.75) is 51.3 Å². The molecule has 1 amide bonds. The zero-order chi connectivity index (χ0) is 22.5. The van der Waals surface area contributed by atoms with E-state index in [-0.39, 0.29) is 11.9 Å². The van der Waals surface area contributed by atoms with Crippen LogP contribution in [0, 0.1) is 0 Å². The standard InChI is InChI=1S/C24H32N6O2/c1-17(2)21-15-19(27-28-21)16-29-13-10-20(11-14-29)30-22(9-12-25-30)26-24(31)23(32-3)18-7-5-4-6-8-18/h4-9,12,15,17,20,23H,10-11,13-14,16H2,1-3H3,(H,26,31)(H,27,28). The van der Waals surface area contributed by atoms with Gasteiger partial charge in [0.25, 0.3) is 5.91 Å². The lowest BCUT2D eigenvalue weighted by atomic mass is 10.0. The molecule has 1 saturated heterocycles. The smallest absolute Gasteiger partial charge is 0.259 e. The van der Waals surface area contributed by atoms with Crippen LogP contribution >= 0.6 is 0 Å². The second-order valence-electron chi connectivity index (χ2n) is 8.66. The van der Waals surface area contributed by atoms with Crippen molar-refractivity contribution >= 4 is 11.7 Å². The van der Waals surface area contributed by atoms with Crippen LogP contribution in [-0.4, -0.2) is 51.0 Å². The van der Waals surface area contributed by atoms with Crippen LogP contribution in [0.5, 0.6) is 0 Å². The van der Waals surface area contributed by atoms with Gasteiger partial charge in [0.1, 0.15) is 5.82 Å². The molecule has 8 heteroatoms. The first kappa shape index (κ1) is 22.2. The Balaban J connectivity index is 1.35. The maximum absolute atomic E-state index is 12.9. The van der Waals surface area contributed by atoms with Crippen LogP contribution in [0.3, 0.4) is 0 Å². The van der Waals surface area contributed by atoms with Crippen molar-refractivity contribution in [1.82, 2.24) is 24.9 Å². The first-order valence-corrected chi connectivity index (χ1v) is 11.2. The third-order valence-corrected chi connectivity index (χ3v) is 6.04. The highest BCUT2D eigenvalue weighted by atomic mass is 16.5. The number of anilines is 1. The molecule has 1 aliphatic rings. The lowest BCUT2D eigenvalue weighted by Gasteiger charge is -2.32. The average molecular weight is 437 g/mol. The highest BCUT2D eigenvalue weighted by Crippen LogP contribution is 2.27. The minimum atomic E-state index is -0.661. The number of ether oxygens (including phenoxy) is 1. The van der Waals surface area contributed by atoms with Gasteiger partial charge in [-0.3, -0.25) is 14.8 Å². The fourth-order valence-corrected chi connectivity index (χ4v) is 4.24. The number of nitrogens with one attached hydrogen (secondary N) is 2. The van der Waals surface area contributed by atoms with E-state index in [1.54, 1.807) is 13.3 Å². The van der Waals surface area contributed by atoms with Crippen molar-refractivity contribution in [2.75, 3.05) is 25.5 Å². The maximum atomic E-state index is 12.9. The van der Waals surface area contributed by atoms with Gasteiger partial charge in [-0.05, 0) is 30.4 Å². The highest BCUT2D eigenvalue weighted by molar-refractivity contribution is 5.94. The van der Waals surface area contributed by atoms with Crippen LogP contribution < -0.4 is 5.32 Å². The van der Waals surface area contributed by atoms with Crippen molar-refractivity contribution in [3.8, 4) is 0 Å². The molecule has 4 rings (SSSR count). The molecule has 0 bridgehead atoms. The number of likely N-dealkylation sites (tertiary alicyclic amines) is 1. The Labute approximate surface area is 189 Å². The number of nitrogens with zero attached hydrogens (tertiary/aromatic N) is 4. The van der Waals surface area contributed by atoms with Crippen molar-refractivity contribution in [1.29, 1.82) is 0 Å². The molecule has 0 spiro atoms. The van der Waals surface area contributed by atoms with Crippen LogP contribution in [0.1, 0.15) is 61.7 Å². The van der Waals surface area contributed by atoms with E-state index in [2.05, 4.69) is 45.4 Å². The fourth-order valence-electron chi connectivity index (χ4n) is 4.24. The molecule has 1 unspecified atom stereocenters. The summed E-state index contributed by atoms with van der Waals surface area (Å²) >= 11 is 0. The Kier molecular flexibility index (Phi) is 7.02. The molecule has 1 fully saturated rings. The van der Waals surface area contributed by atoms with Crippen LogP contribution in [0.15, 0.2) is 48.7 Å². The summed E-state index contributed by atoms with van der Waals surface area (Å²) in [5.41, 5.74) is 3.09. The van der Waals surface area contributed by atoms with E-state index in [9.17, 15) is 4.79 Å². The van der Waals surface area contributed by atoms with Gasteiger partial charge in [-0.15, -0.1) is 0 Å². The molecule has 3 heterocycles. The molecular formula is C24H32N6O2. The van der Waals surface area contributed by atoms with E-state index in [0.29, 0.717) is 11.7 Å². The normalized spacial score (nSPS) is 16.4. The molecule has 170 valence electrons. The van der Waals surface area contributed by atoms with Gasteiger partial charge in [0.15, 0.2) is 6.10 Å². The monoisotopic (exact) mass is 436 g/mol. The minimum Gasteiger partial charge on any atom is -0.367 e. The van der Waals surface area contributed by atoms with Crippen molar-refractivity contribution < 1.29 is 9.53 Å². The largest absolute Gasteiger partial charge is 0.367 e.